The topological polar surface area (TPSA) is 95.0 Å². The number of carboxylic acid groups (broad SMARTS) is 1. The summed E-state index contributed by atoms with van der Waals surface area (Å²) in [7, 11) is -3.86. The van der Waals surface area contributed by atoms with Crippen molar-refractivity contribution in [2.45, 2.75) is 12.7 Å². The third kappa shape index (κ3) is 3.02. The Morgan fingerprint density at radius 2 is 1.96 bits per heavy atom. The third-order valence-electron chi connectivity index (χ3n) is 5.14. The Morgan fingerprint density at radius 1 is 1.28 bits per heavy atom. The second kappa shape index (κ2) is 6.06. The number of carbonyl (C=O) groups excluding carboxylic acids is 1. The molecule has 1 aromatic carbocycles. The van der Waals surface area contributed by atoms with Crippen LogP contribution in [0.15, 0.2) is 24.3 Å². The number of aliphatic carboxylic acids is 1. The van der Waals surface area contributed by atoms with Crippen molar-refractivity contribution in [1.82, 2.24) is 9.21 Å². The summed E-state index contributed by atoms with van der Waals surface area (Å²) in [5.41, 5.74) is -1.25. The Kier molecular flexibility index (Phi) is 4.32. The van der Waals surface area contributed by atoms with Crippen LogP contribution in [0.25, 0.3) is 0 Å². The Bertz CT molecular complexity index is 828. The number of hydrogen-bond acceptors (Lipinski definition) is 4. The van der Waals surface area contributed by atoms with Crippen molar-refractivity contribution in [3.8, 4) is 0 Å². The molecule has 0 unspecified atom stereocenters. The largest absolute Gasteiger partial charge is 0.481 e. The van der Waals surface area contributed by atoms with E-state index in [0.29, 0.717) is 0 Å². The summed E-state index contributed by atoms with van der Waals surface area (Å²) in [6.45, 7) is 1.39. The zero-order chi connectivity index (χ0) is 18.4. The predicted molar refractivity (Wildman–Crippen MR) is 86.4 cm³/mol. The first-order chi connectivity index (χ1) is 11.7. The molecule has 9 heteroatoms. The van der Waals surface area contributed by atoms with Crippen LogP contribution < -0.4 is 0 Å². The molecular weight excluding hydrogens is 351 g/mol. The fraction of sp³-hybridized carbons (Fsp3) is 0.500. The molecule has 1 N–H and O–H groups in total. The van der Waals surface area contributed by atoms with Crippen molar-refractivity contribution in [2.75, 3.05) is 26.2 Å². The second-order valence-corrected chi connectivity index (χ2v) is 8.67. The van der Waals surface area contributed by atoms with E-state index in [4.69, 9.17) is 0 Å². The fourth-order valence-electron chi connectivity index (χ4n) is 3.68. The van der Waals surface area contributed by atoms with E-state index in [9.17, 15) is 27.5 Å². The van der Waals surface area contributed by atoms with Crippen LogP contribution in [0.2, 0.25) is 0 Å². The van der Waals surface area contributed by atoms with Crippen molar-refractivity contribution in [3.05, 3.63) is 35.6 Å². The van der Waals surface area contributed by atoms with Crippen LogP contribution in [0.1, 0.15) is 12.5 Å². The van der Waals surface area contributed by atoms with Crippen LogP contribution in [0.4, 0.5) is 4.39 Å². The highest BCUT2D eigenvalue weighted by Crippen LogP contribution is 2.44. The highest BCUT2D eigenvalue weighted by molar-refractivity contribution is 7.88. The number of rotatable bonds is 4. The van der Waals surface area contributed by atoms with Crippen LogP contribution >= 0.6 is 0 Å². The van der Waals surface area contributed by atoms with E-state index in [1.54, 1.807) is 6.07 Å². The molecule has 1 amide bonds. The number of hydrogen-bond donors (Lipinski definition) is 1. The Morgan fingerprint density at radius 3 is 2.52 bits per heavy atom. The van der Waals surface area contributed by atoms with Crippen molar-refractivity contribution in [1.29, 1.82) is 0 Å². The van der Waals surface area contributed by atoms with Crippen molar-refractivity contribution >= 4 is 21.9 Å². The maximum atomic E-state index is 13.8. The van der Waals surface area contributed by atoms with Crippen LogP contribution in [0, 0.1) is 17.2 Å². The van der Waals surface area contributed by atoms with Gasteiger partial charge in [0.05, 0.1) is 5.75 Å². The molecule has 0 spiro atoms. The summed E-state index contributed by atoms with van der Waals surface area (Å²) in [6.07, 6.45) is 0. The predicted octanol–water partition coefficient (Wildman–Crippen LogP) is 0.520. The summed E-state index contributed by atoms with van der Waals surface area (Å²) >= 11 is 0. The molecule has 2 fully saturated rings. The zero-order valence-electron chi connectivity index (χ0n) is 13.7. The average molecular weight is 370 g/mol. The number of nitrogens with zero attached hydrogens (tertiary/aromatic N) is 2. The molecule has 25 heavy (non-hydrogen) atoms. The molecule has 2 heterocycles. The molecule has 136 valence electrons. The van der Waals surface area contributed by atoms with Gasteiger partial charge in [-0.05, 0) is 6.07 Å². The number of halogens is 1. The van der Waals surface area contributed by atoms with Gasteiger partial charge in [-0.1, -0.05) is 18.2 Å². The van der Waals surface area contributed by atoms with Crippen LogP contribution in [0.5, 0.6) is 0 Å². The van der Waals surface area contributed by atoms with E-state index < -0.39 is 38.9 Å². The lowest BCUT2D eigenvalue weighted by molar-refractivity contribution is -0.148. The molecule has 0 aromatic heterocycles. The highest BCUT2D eigenvalue weighted by atomic mass is 32.2. The minimum atomic E-state index is -3.86. The van der Waals surface area contributed by atoms with E-state index in [-0.39, 0.29) is 37.6 Å². The van der Waals surface area contributed by atoms with Gasteiger partial charge in [-0.15, -0.1) is 0 Å². The number of sulfonamides is 1. The van der Waals surface area contributed by atoms with E-state index in [2.05, 4.69) is 0 Å². The van der Waals surface area contributed by atoms with Gasteiger partial charge in [0, 0.05) is 44.6 Å². The van der Waals surface area contributed by atoms with Gasteiger partial charge in [-0.3, -0.25) is 9.59 Å². The average Bonchev–Trinajstić information content (AvgIpc) is 3.05. The minimum Gasteiger partial charge on any atom is -0.481 e. The smallest absolute Gasteiger partial charge is 0.313 e. The first-order valence-corrected chi connectivity index (χ1v) is 9.47. The molecule has 1 aromatic rings. The Labute approximate surface area is 145 Å². The van der Waals surface area contributed by atoms with Gasteiger partial charge in [0.15, 0.2) is 0 Å². The first kappa shape index (κ1) is 17.8. The monoisotopic (exact) mass is 370 g/mol. The number of likely N-dealkylation sites (tertiary alicyclic amines) is 1. The molecule has 2 atom stereocenters. The molecule has 3 rings (SSSR count). The minimum absolute atomic E-state index is 0.00590. The Balaban J connectivity index is 1.83. The van der Waals surface area contributed by atoms with Crippen LogP contribution in [-0.4, -0.2) is 60.8 Å². The third-order valence-corrected chi connectivity index (χ3v) is 6.88. The maximum Gasteiger partial charge on any atom is 0.313 e. The van der Waals surface area contributed by atoms with Gasteiger partial charge in [-0.2, -0.15) is 0 Å². The molecule has 0 saturated carbocycles. The maximum absolute atomic E-state index is 13.8. The number of carbonyl (C=O) groups is 2. The summed E-state index contributed by atoms with van der Waals surface area (Å²) in [5, 5.41) is 9.67. The molecular formula is C16H19FN2O5S. The van der Waals surface area contributed by atoms with E-state index in [0.717, 1.165) is 4.31 Å². The summed E-state index contributed by atoms with van der Waals surface area (Å²) in [4.78, 5) is 24.8. The van der Waals surface area contributed by atoms with Gasteiger partial charge in [-0.25, -0.2) is 17.1 Å². The van der Waals surface area contributed by atoms with Gasteiger partial charge < -0.3 is 10.0 Å². The lowest BCUT2D eigenvalue weighted by Gasteiger charge is -2.24. The van der Waals surface area contributed by atoms with Gasteiger partial charge >= 0.3 is 5.97 Å². The van der Waals surface area contributed by atoms with Crippen LogP contribution in [0.3, 0.4) is 0 Å². The summed E-state index contributed by atoms with van der Waals surface area (Å²) < 4.78 is 40.2. The van der Waals surface area contributed by atoms with E-state index >= 15 is 0 Å². The number of fused-ring (bicyclic) bond motifs is 1. The SMILES string of the molecule is CC(=O)N1C[C@H]2CN(S(=O)(=O)Cc3ccccc3F)C[C@@]2(C(=O)O)C1. The van der Waals surface area contributed by atoms with Crippen molar-refractivity contribution in [3.63, 3.8) is 0 Å². The zero-order valence-corrected chi connectivity index (χ0v) is 14.5. The highest BCUT2D eigenvalue weighted by Gasteiger charge is 2.60. The van der Waals surface area contributed by atoms with Crippen LogP contribution in [-0.2, 0) is 25.4 Å². The van der Waals surface area contributed by atoms with Gasteiger partial charge in [0.2, 0.25) is 15.9 Å². The molecule has 0 radical (unpaired) electrons. The first-order valence-electron chi connectivity index (χ1n) is 7.86. The normalized spacial score (nSPS) is 26.6. The fourth-order valence-corrected chi connectivity index (χ4v) is 5.32. The van der Waals surface area contributed by atoms with Gasteiger partial charge in [0.25, 0.3) is 0 Å². The summed E-state index contributed by atoms with van der Waals surface area (Å²) in [6, 6.07) is 5.61. The molecule has 2 aliphatic heterocycles. The van der Waals surface area contributed by atoms with E-state index in [1.165, 1.54) is 30.0 Å². The Hall–Kier alpha value is -2.00. The molecule has 0 bridgehead atoms. The molecule has 2 aliphatic rings. The lowest BCUT2D eigenvalue weighted by atomic mass is 9.81. The quantitative estimate of drug-likeness (QED) is 0.834. The van der Waals surface area contributed by atoms with Crippen molar-refractivity contribution < 1.29 is 27.5 Å². The standard InChI is InChI=1S/C16H19FN2O5S/c1-11(20)18-6-13-7-19(10-16(13,9-18)15(21)22)25(23,24)8-12-4-2-3-5-14(12)17/h2-5,13H,6-10H2,1H3,(H,21,22)/t13-,16-/m0/s1. The molecule has 2 saturated heterocycles. The molecule has 7 nitrogen and oxygen atoms in total. The number of benzene rings is 1. The van der Waals surface area contributed by atoms with Crippen molar-refractivity contribution in [2.24, 2.45) is 11.3 Å². The van der Waals surface area contributed by atoms with Gasteiger partial charge in [0.1, 0.15) is 11.2 Å². The lowest BCUT2D eigenvalue weighted by Crippen LogP contribution is -2.42. The second-order valence-electron chi connectivity index (χ2n) is 6.70. The molecule has 0 aliphatic carbocycles. The van der Waals surface area contributed by atoms with E-state index in [1.807, 2.05) is 0 Å². The number of carboxylic acids is 1. The number of amides is 1. The summed E-state index contributed by atoms with van der Waals surface area (Å²) in [5.74, 6) is -2.93.